The molecule has 0 radical (unpaired) electrons. The minimum Gasteiger partial charge on any atom is -0.481 e. The first-order valence-corrected chi connectivity index (χ1v) is 4.88. The van der Waals surface area contributed by atoms with Gasteiger partial charge in [-0.2, -0.15) is 0 Å². The second kappa shape index (κ2) is 3.13. The smallest absolute Gasteiger partial charge is 0.303 e. The van der Waals surface area contributed by atoms with Crippen LogP contribution < -0.4 is 0 Å². The van der Waals surface area contributed by atoms with E-state index in [0.717, 1.165) is 12.8 Å². The summed E-state index contributed by atoms with van der Waals surface area (Å²) in [5.74, 6) is 1.04. The molecule has 1 unspecified atom stereocenters. The Morgan fingerprint density at radius 3 is 2.31 bits per heavy atom. The molecule has 13 heavy (non-hydrogen) atoms. The Morgan fingerprint density at radius 2 is 1.85 bits per heavy atom. The van der Waals surface area contributed by atoms with Crippen molar-refractivity contribution >= 4 is 11.8 Å². The van der Waals surface area contributed by atoms with E-state index in [1.165, 1.54) is 0 Å². The molecule has 2 aliphatic carbocycles. The maximum Gasteiger partial charge on any atom is 0.303 e. The van der Waals surface area contributed by atoms with Crippen molar-refractivity contribution < 1.29 is 14.7 Å². The highest BCUT2D eigenvalue weighted by molar-refractivity contribution is 5.81. The highest BCUT2D eigenvalue weighted by Crippen LogP contribution is 2.46. The molecule has 0 aromatic heterocycles. The van der Waals surface area contributed by atoms with Crippen molar-refractivity contribution in [3.8, 4) is 0 Å². The summed E-state index contributed by atoms with van der Waals surface area (Å²) in [4.78, 5) is 21.5. The van der Waals surface area contributed by atoms with E-state index in [9.17, 15) is 9.59 Å². The highest BCUT2D eigenvalue weighted by atomic mass is 16.4. The Morgan fingerprint density at radius 1 is 1.31 bits per heavy atom. The van der Waals surface area contributed by atoms with E-state index in [1.807, 2.05) is 0 Å². The molecule has 0 heterocycles. The maximum atomic E-state index is 11.1. The summed E-state index contributed by atoms with van der Waals surface area (Å²) in [6, 6.07) is 0. The van der Waals surface area contributed by atoms with Crippen molar-refractivity contribution in [3.63, 3.8) is 0 Å². The zero-order chi connectivity index (χ0) is 9.42. The van der Waals surface area contributed by atoms with E-state index in [0.29, 0.717) is 42.8 Å². The second-order valence-corrected chi connectivity index (χ2v) is 4.40. The highest BCUT2D eigenvalue weighted by Gasteiger charge is 2.41. The first kappa shape index (κ1) is 8.73. The van der Waals surface area contributed by atoms with Gasteiger partial charge in [-0.25, -0.2) is 0 Å². The van der Waals surface area contributed by atoms with Gasteiger partial charge in [-0.05, 0) is 30.6 Å². The van der Waals surface area contributed by atoms with Gasteiger partial charge in [0.1, 0.15) is 5.78 Å². The van der Waals surface area contributed by atoms with Crippen LogP contribution in [0.25, 0.3) is 0 Å². The number of carboxylic acid groups (broad SMARTS) is 1. The summed E-state index contributed by atoms with van der Waals surface area (Å²) in [5, 5.41) is 8.62. The van der Waals surface area contributed by atoms with Gasteiger partial charge in [-0.3, -0.25) is 9.59 Å². The number of ketones is 1. The van der Waals surface area contributed by atoms with Crippen molar-refractivity contribution in [2.24, 2.45) is 17.8 Å². The lowest BCUT2D eigenvalue weighted by Crippen LogP contribution is -2.06. The molecule has 0 aliphatic heterocycles. The molecule has 0 saturated heterocycles. The number of aliphatic carboxylic acids is 1. The van der Waals surface area contributed by atoms with Crippen LogP contribution in [-0.2, 0) is 9.59 Å². The van der Waals surface area contributed by atoms with Crippen molar-refractivity contribution in [2.75, 3.05) is 0 Å². The zero-order valence-corrected chi connectivity index (χ0v) is 7.53. The van der Waals surface area contributed by atoms with Crippen LogP contribution in [0.2, 0.25) is 0 Å². The van der Waals surface area contributed by atoms with Gasteiger partial charge in [-0.1, -0.05) is 0 Å². The SMILES string of the molecule is O=C(O)CC1C[C@H]2CC(=O)C[C@H]2C1. The minimum absolute atomic E-state index is 0.293. The van der Waals surface area contributed by atoms with E-state index in [2.05, 4.69) is 0 Å². The normalized spacial score (nSPS) is 37.8. The van der Waals surface area contributed by atoms with Crippen LogP contribution in [0.3, 0.4) is 0 Å². The topological polar surface area (TPSA) is 54.4 Å². The van der Waals surface area contributed by atoms with Crippen molar-refractivity contribution in [2.45, 2.75) is 32.1 Å². The number of hydrogen-bond donors (Lipinski definition) is 1. The van der Waals surface area contributed by atoms with E-state index in [4.69, 9.17) is 5.11 Å². The molecule has 2 aliphatic rings. The summed E-state index contributed by atoms with van der Waals surface area (Å²) >= 11 is 0. The number of Topliss-reactive ketones (excluding diaryl/α,β-unsaturated/α-hetero) is 1. The molecule has 3 atom stereocenters. The zero-order valence-electron chi connectivity index (χ0n) is 7.53. The second-order valence-electron chi connectivity index (χ2n) is 4.40. The van der Waals surface area contributed by atoms with Crippen LogP contribution in [0.15, 0.2) is 0 Å². The van der Waals surface area contributed by atoms with E-state index in [-0.39, 0.29) is 0 Å². The minimum atomic E-state index is -0.698. The molecule has 0 aromatic carbocycles. The molecule has 2 fully saturated rings. The monoisotopic (exact) mass is 182 g/mol. The molecule has 72 valence electrons. The number of hydrogen-bond acceptors (Lipinski definition) is 2. The third-order valence-corrected chi connectivity index (χ3v) is 3.38. The van der Waals surface area contributed by atoms with E-state index in [1.54, 1.807) is 0 Å². The first-order chi connectivity index (χ1) is 6.15. The van der Waals surface area contributed by atoms with Gasteiger partial charge < -0.3 is 5.11 Å². The Bertz CT molecular complexity index is 231. The predicted molar refractivity (Wildman–Crippen MR) is 46.2 cm³/mol. The summed E-state index contributed by atoms with van der Waals surface area (Å²) < 4.78 is 0. The van der Waals surface area contributed by atoms with Crippen LogP contribution in [0, 0.1) is 17.8 Å². The molecule has 3 heteroatoms. The van der Waals surface area contributed by atoms with Crippen LogP contribution in [0.1, 0.15) is 32.1 Å². The van der Waals surface area contributed by atoms with Gasteiger partial charge in [0.05, 0.1) is 0 Å². The van der Waals surface area contributed by atoms with Gasteiger partial charge in [0.2, 0.25) is 0 Å². The van der Waals surface area contributed by atoms with Crippen molar-refractivity contribution in [1.29, 1.82) is 0 Å². The van der Waals surface area contributed by atoms with Crippen LogP contribution in [0.4, 0.5) is 0 Å². The quantitative estimate of drug-likeness (QED) is 0.703. The Kier molecular flexibility index (Phi) is 2.10. The van der Waals surface area contributed by atoms with Crippen LogP contribution in [0.5, 0.6) is 0 Å². The summed E-state index contributed by atoms with van der Waals surface area (Å²) in [6.45, 7) is 0. The molecule has 3 nitrogen and oxygen atoms in total. The fourth-order valence-electron chi connectivity index (χ4n) is 2.92. The number of carbonyl (C=O) groups is 2. The standard InChI is InChI=1S/C10H14O3/c11-9-4-7-1-6(3-10(12)13)2-8(7)5-9/h6-8H,1-5H2,(H,12,13)/t6?,7-,8+. The number of carbonyl (C=O) groups excluding carboxylic acids is 1. The largest absolute Gasteiger partial charge is 0.481 e. The molecule has 0 spiro atoms. The average Bonchev–Trinajstić information content (AvgIpc) is 2.41. The fourth-order valence-corrected chi connectivity index (χ4v) is 2.92. The number of carboxylic acids is 1. The molecule has 0 amide bonds. The van der Waals surface area contributed by atoms with Gasteiger partial charge in [0.25, 0.3) is 0 Å². The summed E-state index contributed by atoms with van der Waals surface area (Å²) in [5.41, 5.74) is 0. The Labute approximate surface area is 77.1 Å². The first-order valence-electron chi connectivity index (χ1n) is 4.88. The average molecular weight is 182 g/mol. The van der Waals surface area contributed by atoms with E-state index >= 15 is 0 Å². The third-order valence-electron chi connectivity index (χ3n) is 3.38. The molecule has 0 aromatic rings. The van der Waals surface area contributed by atoms with Gasteiger partial charge >= 0.3 is 5.97 Å². The molecule has 2 saturated carbocycles. The summed E-state index contributed by atoms with van der Waals surface area (Å²) in [7, 11) is 0. The third kappa shape index (κ3) is 1.74. The van der Waals surface area contributed by atoms with Crippen molar-refractivity contribution in [3.05, 3.63) is 0 Å². The lowest BCUT2D eigenvalue weighted by molar-refractivity contribution is -0.138. The van der Waals surface area contributed by atoms with Crippen LogP contribution >= 0.6 is 0 Å². The molecule has 0 bridgehead atoms. The lowest BCUT2D eigenvalue weighted by Gasteiger charge is -2.05. The van der Waals surface area contributed by atoms with Gasteiger partial charge in [0.15, 0.2) is 0 Å². The molecular formula is C10H14O3. The molecule has 1 N–H and O–H groups in total. The maximum absolute atomic E-state index is 11.1. The Hall–Kier alpha value is -0.860. The molecular weight excluding hydrogens is 168 g/mol. The Balaban J connectivity index is 1.90. The van der Waals surface area contributed by atoms with Crippen LogP contribution in [-0.4, -0.2) is 16.9 Å². The van der Waals surface area contributed by atoms with Crippen molar-refractivity contribution in [1.82, 2.24) is 0 Å². The fraction of sp³-hybridized carbons (Fsp3) is 0.800. The molecule has 2 rings (SSSR count). The summed E-state index contributed by atoms with van der Waals surface area (Å²) in [6.07, 6.45) is 3.63. The lowest BCUT2D eigenvalue weighted by atomic mass is 10.00. The van der Waals surface area contributed by atoms with Gasteiger partial charge in [-0.15, -0.1) is 0 Å². The van der Waals surface area contributed by atoms with E-state index < -0.39 is 5.97 Å². The number of fused-ring (bicyclic) bond motifs is 1. The number of rotatable bonds is 2. The predicted octanol–water partition coefficient (Wildman–Crippen LogP) is 1.47. The van der Waals surface area contributed by atoms with Gasteiger partial charge in [0, 0.05) is 19.3 Å².